The summed E-state index contributed by atoms with van der Waals surface area (Å²) >= 11 is 0. The Morgan fingerprint density at radius 3 is 2.86 bits per heavy atom. The van der Waals surface area contributed by atoms with Gasteiger partial charge in [0.2, 0.25) is 5.91 Å². The molecule has 0 unspecified atom stereocenters. The molecule has 3 N–H and O–H groups in total. The molecule has 29 heavy (non-hydrogen) atoms. The summed E-state index contributed by atoms with van der Waals surface area (Å²) in [6.45, 7) is 4.41. The smallest absolute Gasteiger partial charge is 0.246 e. The van der Waals surface area contributed by atoms with Gasteiger partial charge in [0.15, 0.2) is 5.82 Å². The summed E-state index contributed by atoms with van der Waals surface area (Å²) in [5.41, 5.74) is 13.2. The van der Waals surface area contributed by atoms with E-state index in [0.717, 1.165) is 74.0 Å². The lowest BCUT2D eigenvalue weighted by Gasteiger charge is -2.18. The van der Waals surface area contributed by atoms with Crippen molar-refractivity contribution in [1.29, 1.82) is 0 Å². The van der Waals surface area contributed by atoms with Crippen LogP contribution in [-0.2, 0) is 40.4 Å². The third kappa shape index (κ3) is 4.53. The van der Waals surface area contributed by atoms with E-state index in [0.29, 0.717) is 25.6 Å². The number of carbonyl (C=O) groups is 1. The maximum absolute atomic E-state index is 11.6. The van der Waals surface area contributed by atoms with E-state index in [1.54, 1.807) is 0 Å². The number of nitrogens with one attached hydrogen (secondary N) is 1. The van der Waals surface area contributed by atoms with Crippen LogP contribution in [0.3, 0.4) is 0 Å². The minimum absolute atomic E-state index is 0.0132. The van der Waals surface area contributed by atoms with Gasteiger partial charge >= 0.3 is 0 Å². The number of nitrogen functional groups attached to an aromatic ring is 1. The molecule has 0 radical (unpaired) electrons. The summed E-state index contributed by atoms with van der Waals surface area (Å²) in [5.74, 6) is 1.60. The Labute approximate surface area is 171 Å². The molecule has 8 nitrogen and oxygen atoms in total. The second-order valence-electron chi connectivity index (χ2n) is 7.94. The molecule has 1 saturated carbocycles. The van der Waals surface area contributed by atoms with Gasteiger partial charge in [0.1, 0.15) is 17.9 Å². The number of aryl methyl sites for hydroxylation is 3. The predicted octanol–water partition coefficient (Wildman–Crippen LogP) is 2.67. The summed E-state index contributed by atoms with van der Waals surface area (Å²) in [6.07, 6.45) is 8.07. The van der Waals surface area contributed by atoms with Crippen LogP contribution in [0, 0.1) is 5.92 Å². The number of hydrogen-bond acceptors (Lipinski definition) is 6. The Hall–Kier alpha value is -2.19. The number of amides is 1. The van der Waals surface area contributed by atoms with E-state index < -0.39 is 0 Å². The van der Waals surface area contributed by atoms with Gasteiger partial charge in [-0.3, -0.25) is 9.63 Å². The SMILES string of the molecule is CCOCc1nc2c(N)nc3c(c2n1CCCCONC(=O)C1CC1)CCCC3. The van der Waals surface area contributed by atoms with E-state index >= 15 is 0 Å². The number of pyridine rings is 1. The summed E-state index contributed by atoms with van der Waals surface area (Å²) in [4.78, 5) is 26.4. The van der Waals surface area contributed by atoms with E-state index in [-0.39, 0.29) is 11.8 Å². The molecule has 1 amide bonds. The molecule has 2 aliphatic rings. The zero-order chi connectivity index (χ0) is 20.2. The van der Waals surface area contributed by atoms with Crippen LogP contribution in [0.25, 0.3) is 11.0 Å². The molecular formula is C21H31N5O3. The van der Waals surface area contributed by atoms with Crippen molar-refractivity contribution < 1.29 is 14.4 Å². The molecule has 158 valence electrons. The van der Waals surface area contributed by atoms with Gasteiger partial charge in [-0.05, 0) is 63.9 Å². The first kappa shape index (κ1) is 20.1. The maximum atomic E-state index is 11.6. The number of imidazole rings is 1. The number of hydroxylamine groups is 1. The summed E-state index contributed by atoms with van der Waals surface area (Å²) < 4.78 is 7.92. The second-order valence-corrected chi connectivity index (χ2v) is 7.94. The first-order valence-electron chi connectivity index (χ1n) is 10.8. The third-order valence-corrected chi connectivity index (χ3v) is 5.70. The quantitative estimate of drug-likeness (QED) is 0.468. The Bertz CT molecular complexity index is 875. The Morgan fingerprint density at radius 2 is 2.07 bits per heavy atom. The zero-order valence-corrected chi connectivity index (χ0v) is 17.2. The molecule has 0 atom stereocenters. The highest BCUT2D eigenvalue weighted by molar-refractivity contribution is 5.89. The van der Waals surface area contributed by atoms with Crippen LogP contribution in [0.1, 0.15) is 62.5 Å². The lowest BCUT2D eigenvalue weighted by molar-refractivity contribution is -0.135. The standard InChI is InChI=1S/C21H31N5O3/c1-2-28-13-17-24-18-19(15-7-3-4-8-16(15)23-20(18)22)26(17)11-5-6-12-29-25-21(27)14-9-10-14/h14H,2-13H2,1H3,(H2,22,23)(H,25,27). The van der Waals surface area contributed by atoms with Crippen molar-refractivity contribution in [2.45, 2.75) is 71.4 Å². The van der Waals surface area contributed by atoms with E-state index in [4.69, 9.17) is 20.3 Å². The largest absolute Gasteiger partial charge is 0.382 e. The summed E-state index contributed by atoms with van der Waals surface area (Å²) in [6, 6.07) is 0. The number of carbonyl (C=O) groups excluding carboxylic acids is 1. The average Bonchev–Trinajstić information content (AvgIpc) is 3.51. The van der Waals surface area contributed by atoms with Gasteiger partial charge in [0.05, 0.1) is 12.1 Å². The molecule has 0 saturated heterocycles. The van der Waals surface area contributed by atoms with Crippen LogP contribution in [0.4, 0.5) is 5.82 Å². The molecule has 0 bridgehead atoms. The molecule has 1 fully saturated rings. The second kappa shape index (κ2) is 9.09. The number of unbranched alkanes of at least 4 members (excludes halogenated alkanes) is 1. The number of nitrogens with two attached hydrogens (primary N) is 1. The van der Waals surface area contributed by atoms with Crippen molar-refractivity contribution in [1.82, 2.24) is 20.0 Å². The van der Waals surface area contributed by atoms with Crippen LogP contribution in [0.5, 0.6) is 0 Å². The molecule has 2 aliphatic carbocycles. The number of rotatable bonds is 10. The highest BCUT2D eigenvalue weighted by atomic mass is 16.6. The van der Waals surface area contributed by atoms with Crippen LogP contribution in [-0.4, -0.2) is 33.7 Å². The number of anilines is 1. The minimum atomic E-state index is 0.0132. The van der Waals surface area contributed by atoms with Gasteiger partial charge in [-0.15, -0.1) is 0 Å². The molecule has 0 aliphatic heterocycles. The summed E-state index contributed by atoms with van der Waals surface area (Å²) in [7, 11) is 0. The number of ether oxygens (including phenoxy) is 1. The number of fused-ring (bicyclic) bond motifs is 3. The van der Waals surface area contributed by atoms with Crippen LogP contribution in [0.2, 0.25) is 0 Å². The summed E-state index contributed by atoms with van der Waals surface area (Å²) in [5, 5.41) is 0. The van der Waals surface area contributed by atoms with Gasteiger partial charge < -0.3 is 15.0 Å². The van der Waals surface area contributed by atoms with Crippen molar-refractivity contribution in [3.05, 3.63) is 17.1 Å². The van der Waals surface area contributed by atoms with Gasteiger partial charge in [0, 0.05) is 24.8 Å². The van der Waals surface area contributed by atoms with E-state index in [1.807, 2.05) is 6.92 Å². The Kier molecular flexibility index (Phi) is 6.30. The van der Waals surface area contributed by atoms with E-state index in [1.165, 1.54) is 12.0 Å². The maximum Gasteiger partial charge on any atom is 0.246 e. The lowest BCUT2D eigenvalue weighted by atomic mass is 9.95. The van der Waals surface area contributed by atoms with E-state index in [2.05, 4.69) is 15.0 Å². The highest BCUT2D eigenvalue weighted by Crippen LogP contribution is 2.32. The molecule has 2 aromatic heterocycles. The Morgan fingerprint density at radius 1 is 1.24 bits per heavy atom. The highest BCUT2D eigenvalue weighted by Gasteiger charge is 2.29. The molecule has 0 aromatic carbocycles. The topological polar surface area (TPSA) is 104 Å². The molecule has 2 aromatic rings. The minimum Gasteiger partial charge on any atom is -0.382 e. The lowest BCUT2D eigenvalue weighted by Crippen LogP contribution is -2.25. The number of hydrogen-bond donors (Lipinski definition) is 2. The fourth-order valence-electron chi connectivity index (χ4n) is 3.99. The normalized spacial score (nSPS) is 16.2. The monoisotopic (exact) mass is 401 g/mol. The molecule has 4 rings (SSSR count). The van der Waals surface area contributed by atoms with Gasteiger partial charge in [-0.25, -0.2) is 15.4 Å². The van der Waals surface area contributed by atoms with Crippen LogP contribution >= 0.6 is 0 Å². The van der Waals surface area contributed by atoms with Crippen molar-refractivity contribution in [3.8, 4) is 0 Å². The predicted molar refractivity (Wildman–Crippen MR) is 110 cm³/mol. The first-order valence-corrected chi connectivity index (χ1v) is 10.8. The van der Waals surface area contributed by atoms with Crippen molar-refractivity contribution in [3.63, 3.8) is 0 Å². The Balaban J connectivity index is 1.46. The van der Waals surface area contributed by atoms with E-state index in [9.17, 15) is 4.79 Å². The zero-order valence-electron chi connectivity index (χ0n) is 17.2. The molecular weight excluding hydrogens is 370 g/mol. The van der Waals surface area contributed by atoms with Crippen molar-refractivity contribution in [2.75, 3.05) is 18.9 Å². The van der Waals surface area contributed by atoms with Crippen molar-refractivity contribution >= 4 is 22.8 Å². The molecule has 2 heterocycles. The van der Waals surface area contributed by atoms with Gasteiger partial charge in [0.25, 0.3) is 0 Å². The van der Waals surface area contributed by atoms with Crippen LogP contribution < -0.4 is 11.2 Å². The third-order valence-electron chi connectivity index (χ3n) is 5.70. The van der Waals surface area contributed by atoms with Crippen LogP contribution in [0.15, 0.2) is 0 Å². The number of nitrogens with zero attached hydrogens (tertiary/aromatic N) is 3. The fraction of sp³-hybridized carbons (Fsp3) is 0.667. The van der Waals surface area contributed by atoms with Crippen molar-refractivity contribution in [2.24, 2.45) is 5.92 Å². The fourth-order valence-corrected chi connectivity index (χ4v) is 3.99. The molecule has 0 spiro atoms. The van der Waals surface area contributed by atoms with Gasteiger partial charge in [-0.2, -0.15) is 0 Å². The number of aromatic nitrogens is 3. The van der Waals surface area contributed by atoms with Gasteiger partial charge in [-0.1, -0.05) is 0 Å². The average molecular weight is 402 g/mol. The first-order chi connectivity index (χ1) is 14.2. The molecule has 8 heteroatoms.